The summed E-state index contributed by atoms with van der Waals surface area (Å²) in [5.74, 6) is 0. The van der Waals surface area contributed by atoms with Gasteiger partial charge in [0.25, 0.3) is 0 Å². The predicted octanol–water partition coefficient (Wildman–Crippen LogP) is 0.842. The standard InChI is InChI=1S/C9H11N3S/c1-9(10-8(13)11-12-9)7-5-3-2-4-6-7/h2-6,12H,1H3,(H2,10,11,13). The van der Waals surface area contributed by atoms with Crippen LogP contribution in [-0.2, 0) is 5.66 Å². The maximum Gasteiger partial charge on any atom is 0.182 e. The van der Waals surface area contributed by atoms with E-state index in [-0.39, 0.29) is 5.66 Å². The van der Waals surface area contributed by atoms with E-state index in [0.29, 0.717) is 5.11 Å². The van der Waals surface area contributed by atoms with Gasteiger partial charge in [0.2, 0.25) is 0 Å². The van der Waals surface area contributed by atoms with Gasteiger partial charge in [-0.1, -0.05) is 30.3 Å². The molecule has 1 aromatic carbocycles. The molecule has 0 spiro atoms. The minimum atomic E-state index is -0.293. The fourth-order valence-electron chi connectivity index (χ4n) is 1.39. The van der Waals surface area contributed by atoms with E-state index >= 15 is 0 Å². The Morgan fingerprint density at radius 1 is 1.23 bits per heavy atom. The Hall–Kier alpha value is -1.13. The normalized spacial score (nSPS) is 26.7. The lowest BCUT2D eigenvalue weighted by molar-refractivity contribution is 0.371. The van der Waals surface area contributed by atoms with Gasteiger partial charge in [0.15, 0.2) is 5.11 Å². The highest BCUT2D eigenvalue weighted by Crippen LogP contribution is 2.18. The van der Waals surface area contributed by atoms with Gasteiger partial charge in [-0.15, -0.1) is 0 Å². The molecule has 68 valence electrons. The van der Waals surface area contributed by atoms with Crippen molar-refractivity contribution in [3.63, 3.8) is 0 Å². The molecule has 1 unspecified atom stereocenters. The van der Waals surface area contributed by atoms with Crippen LogP contribution in [0.25, 0.3) is 0 Å². The van der Waals surface area contributed by atoms with Crippen LogP contribution in [0.5, 0.6) is 0 Å². The molecule has 2 rings (SSSR count). The third-order valence-corrected chi connectivity index (χ3v) is 2.34. The number of benzene rings is 1. The summed E-state index contributed by atoms with van der Waals surface area (Å²) in [6, 6.07) is 10.1. The molecule has 3 N–H and O–H groups in total. The first-order chi connectivity index (χ1) is 6.21. The quantitative estimate of drug-likeness (QED) is 0.578. The molecule has 0 amide bonds. The maximum absolute atomic E-state index is 4.98. The zero-order valence-corrected chi connectivity index (χ0v) is 8.11. The van der Waals surface area contributed by atoms with Gasteiger partial charge in [-0.2, -0.15) is 0 Å². The van der Waals surface area contributed by atoms with Gasteiger partial charge >= 0.3 is 0 Å². The zero-order chi connectivity index (χ0) is 9.31. The molecular formula is C9H11N3S. The van der Waals surface area contributed by atoms with Crippen molar-refractivity contribution in [2.75, 3.05) is 0 Å². The predicted molar refractivity (Wildman–Crippen MR) is 55.8 cm³/mol. The average Bonchev–Trinajstić information content (AvgIpc) is 2.49. The highest BCUT2D eigenvalue weighted by atomic mass is 32.1. The Balaban J connectivity index is 2.31. The van der Waals surface area contributed by atoms with Gasteiger partial charge in [0.05, 0.1) is 0 Å². The monoisotopic (exact) mass is 193 g/mol. The first-order valence-electron chi connectivity index (χ1n) is 4.11. The Bertz CT molecular complexity index is 325. The molecule has 0 aromatic heterocycles. The first-order valence-corrected chi connectivity index (χ1v) is 4.52. The average molecular weight is 193 g/mol. The van der Waals surface area contributed by atoms with Gasteiger partial charge in [-0.3, -0.25) is 5.43 Å². The zero-order valence-electron chi connectivity index (χ0n) is 7.29. The second kappa shape index (κ2) is 2.97. The van der Waals surface area contributed by atoms with E-state index in [1.165, 1.54) is 0 Å². The van der Waals surface area contributed by atoms with E-state index in [1.807, 2.05) is 25.1 Å². The molecule has 0 aliphatic carbocycles. The van der Waals surface area contributed by atoms with Crippen LogP contribution in [0.15, 0.2) is 30.3 Å². The van der Waals surface area contributed by atoms with Crippen LogP contribution in [0.3, 0.4) is 0 Å². The Morgan fingerprint density at radius 2 is 1.92 bits per heavy atom. The smallest absolute Gasteiger partial charge is 0.182 e. The molecule has 0 radical (unpaired) electrons. The van der Waals surface area contributed by atoms with Gasteiger partial charge in [0, 0.05) is 0 Å². The molecule has 4 heteroatoms. The molecule has 1 aliphatic heterocycles. The second-order valence-corrected chi connectivity index (χ2v) is 3.60. The molecular weight excluding hydrogens is 182 g/mol. The van der Waals surface area contributed by atoms with Crippen LogP contribution < -0.4 is 16.2 Å². The highest BCUT2D eigenvalue weighted by molar-refractivity contribution is 7.80. The number of rotatable bonds is 1. The van der Waals surface area contributed by atoms with Crippen molar-refractivity contribution >= 4 is 17.3 Å². The van der Waals surface area contributed by atoms with Crippen LogP contribution in [0, 0.1) is 0 Å². The van der Waals surface area contributed by atoms with Crippen LogP contribution >= 0.6 is 12.2 Å². The highest BCUT2D eigenvalue weighted by Gasteiger charge is 2.31. The number of hydrogen-bond donors (Lipinski definition) is 3. The van der Waals surface area contributed by atoms with Crippen LogP contribution in [0.2, 0.25) is 0 Å². The summed E-state index contributed by atoms with van der Waals surface area (Å²) >= 11 is 4.98. The summed E-state index contributed by atoms with van der Waals surface area (Å²) in [6.07, 6.45) is 0. The third-order valence-electron chi connectivity index (χ3n) is 2.14. The van der Waals surface area contributed by atoms with Crippen molar-refractivity contribution in [3.05, 3.63) is 35.9 Å². The minimum absolute atomic E-state index is 0.293. The lowest BCUT2D eigenvalue weighted by Gasteiger charge is -2.23. The molecule has 3 nitrogen and oxygen atoms in total. The Kier molecular flexibility index (Phi) is 1.94. The molecule has 13 heavy (non-hydrogen) atoms. The van der Waals surface area contributed by atoms with Crippen LogP contribution in [-0.4, -0.2) is 5.11 Å². The number of thiocarbonyl (C=S) groups is 1. The molecule has 1 aromatic rings. The van der Waals surface area contributed by atoms with Crippen molar-refractivity contribution in [2.24, 2.45) is 0 Å². The topological polar surface area (TPSA) is 36.1 Å². The molecule has 0 bridgehead atoms. The van der Waals surface area contributed by atoms with E-state index in [0.717, 1.165) is 5.56 Å². The number of nitrogens with one attached hydrogen (secondary N) is 3. The third kappa shape index (κ3) is 1.50. The maximum atomic E-state index is 4.98. The molecule has 0 saturated carbocycles. The molecule has 1 saturated heterocycles. The van der Waals surface area contributed by atoms with Crippen molar-refractivity contribution in [1.82, 2.24) is 16.2 Å². The molecule has 1 fully saturated rings. The summed E-state index contributed by atoms with van der Waals surface area (Å²) in [4.78, 5) is 0. The molecule has 1 aliphatic rings. The summed E-state index contributed by atoms with van der Waals surface area (Å²) in [6.45, 7) is 2.04. The molecule has 1 atom stereocenters. The first kappa shape index (κ1) is 8.47. The summed E-state index contributed by atoms with van der Waals surface area (Å²) in [5, 5.41) is 3.79. The fraction of sp³-hybridized carbons (Fsp3) is 0.222. The van der Waals surface area contributed by atoms with Gasteiger partial charge < -0.3 is 5.32 Å². The van der Waals surface area contributed by atoms with E-state index < -0.39 is 0 Å². The van der Waals surface area contributed by atoms with Crippen LogP contribution in [0.1, 0.15) is 12.5 Å². The van der Waals surface area contributed by atoms with E-state index in [2.05, 4.69) is 28.3 Å². The summed E-state index contributed by atoms with van der Waals surface area (Å²) in [7, 11) is 0. The van der Waals surface area contributed by atoms with Crippen molar-refractivity contribution in [3.8, 4) is 0 Å². The second-order valence-electron chi connectivity index (χ2n) is 3.20. The Morgan fingerprint density at radius 3 is 2.46 bits per heavy atom. The van der Waals surface area contributed by atoms with E-state index in [9.17, 15) is 0 Å². The van der Waals surface area contributed by atoms with Crippen LogP contribution in [0.4, 0.5) is 0 Å². The van der Waals surface area contributed by atoms with Crippen molar-refractivity contribution < 1.29 is 0 Å². The molecule has 1 heterocycles. The largest absolute Gasteiger partial charge is 0.339 e. The Labute approximate surface area is 82.5 Å². The van der Waals surface area contributed by atoms with E-state index in [1.54, 1.807) is 0 Å². The van der Waals surface area contributed by atoms with Crippen molar-refractivity contribution in [2.45, 2.75) is 12.6 Å². The SMILES string of the molecule is CC1(c2ccccc2)NNC(=S)N1. The lowest BCUT2D eigenvalue weighted by atomic mass is 10.0. The summed E-state index contributed by atoms with van der Waals surface area (Å²) in [5.41, 5.74) is 6.84. The lowest BCUT2D eigenvalue weighted by Crippen LogP contribution is -2.44. The minimum Gasteiger partial charge on any atom is -0.339 e. The fourth-order valence-corrected chi connectivity index (χ4v) is 1.64. The van der Waals surface area contributed by atoms with Gasteiger partial charge in [0.1, 0.15) is 5.66 Å². The number of hydrazine groups is 1. The van der Waals surface area contributed by atoms with Gasteiger partial charge in [-0.05, 0) is 24.7 Å². The summed E-state index contributed by atoms with van der Waals surface area (Å²) < 4.78 is 0. The number of hydrogen-bond acceptors (Lipinski definition) is 2. The van der Waals surface area contributed by atoms with E-state index in [4.69, 9.17) is 12.2 Å². The van der Waals surface area contributed by atoms with Gasteiger partial charge in [-0.25, -0.2) is 5.43 Å². The van der Waals surface area contributed by atoms with Crippen molar-refractivity contribution in [1.29, 1.82) is 0 Å².